The van der Waals surface area contributed by atoms with E-state index in [1.54, 1.807) is 42.2 Å². The van der Waals surface area contributed by atoms with E-state index in [1.165, 1.54) is 4.90 Å². The second kappa shape index (κ2) is 33.6. The third-order valence-electron chi connectivity index (χ3n) is 16.7. The van der Waals surface area contributed by atoms with Crippen molar-refractivity contribution in [1.29, 1.82) is 0 Å². The van der Waals surface area contributed by atoms with Crippen molar-refractivity contribution >= 4 is 47.6 Å². The predicted octanol–water partition coefficient (Wildman–Crippen LogP) is 7.35. The number of nitrogens with one attached hydrogen (secondary N) is 5. The minimum absolute atomic E-state index is 0.150. The van der Waals surface area contributed by atoms with E-state index in [0.29, 0.717) is 97.8 Å². The van der Waals surface area contributed by atoms with Crippen molar-refractivity contribution in [3.63, 3.8) is 0 Å². The van der Waals surface area contributed by atoms with Crippen LogP contribution < -0.4 is 26.6 Å². The van der Waals surface area contributed by atoms with Gasteiger partial charge in [0.25, 0.3) is 11.8 Å². The quantitative estimate of drug-likeness (QED) is 0.0240. The maximum Gasteiger partial charge on any atom is 0.407 e. The second-order valence-electron chi connectivity index (χ2n) is 23.1. The number of nitrogens with zero attached hydrogens (tertiary/aromatic N) is 5. The lowest BCUT2D eigenvalue weighted by atomic mass is 9.65. The van der Waals surface area contributed by atoms with E-state index in [-0.39, 0.29) is 54.9 Å². The van der Waals surface area contributed by atoms with Crippen molar-refractivity contribution in [1.82, 2.24) is 51.3 Å². The van der Waals surface area contributed by atoms with Crippen LogP contribution in [-0.4, -0.2) is 168 Å². The van der Waals surface area contributed by atoms with Gasteiger partial charge < -0.3 is 55.7 Å². The molecule has 8 rings (SSSR count). The van der Waals surface area contributed by atoms with Gasteiger partial charge >= 0.3 is 24.2 Å². The van der Waals surface area contributed by atoms with Crippen LogP contribution in [0.15, 0.2) is 110 Å². The molecule has 4 heterocycles. The Kier molecular flexibility index (Phi) is 25.6. The fourth-order valence-electron chi connectivity index (χ4n) is 11.3. The minimum atomic E-state index is -1.22. The van der Waals surface area contributed by atoms with Gasteiger partial charge in [-0.15, -0.1) is 0 Å². The highest BCUT2D eigenvalue weighted by atomic mass is 16.5. The number of hydrogen-bond acceptors (Lipinski definition) is 13. The maximum atomic E-state index is 13.7. The summed E-state index contributed by atoms with van der Waals surface area (Å²) in [5.74, 6) is -3.07. The van der Waals surface area contributed by atoms with Crippen LogP contribution in [0.1, 0.15) is 125 Å². The summed E-state index contributed by atoms with van der Waals surface area (Å²) in [6.07, 6.45) is 14.6. The topological polar surface area (TPSA) is 280 Å². The van der Waals surface area contributed by atoms with Gasteiger partial charge in [0.05, 0.1) is 45.1 Å². The molecule has 2 aromatic heterocycles. The molecule has 2 saturated heterocycles. The lowest BCUT2D eigenvalue weighted by Gasteiger charge is -2.46. The molecule has 22 heteroatoms. The summed E-state index contributed by atoms with van der Waals surface area (Å²) in [5.41, 5.74) is 3.34. The number of rotatable bonds is 28. The normalized spacial score (nSPS) is 17.1. The van der Waals surface area contributed by atoms with Gasteiger partial charge in [0, 0.05) is 76.0 Å². The number of carbonyl (C=O) groups is 8. The number of urea groups is 2. The summed E-state index contributed by atoms with van der Waals surface area (Å²) in [4.78, 5) is 116. The molecule has 4 aromatic rings. The summed E-state index contributed by atoms with van der Waals surface area (Å²) in [6, 6.07) is 23.1. The molecule has 2 aromatic carbocycles. The Bertz CT molecular complexity index is 2800. The summed E-state index contributed by atoms with van der Waals surface area (Å²) in [7, 11) is 0. The van der Waals surface area contributed by atoms with Gasteiger partial charge in [-0.1, -0.05) is 85.6 Å². The number of morpholine rings is 2. The van der Waals surface area contributed by atoms with E-state index >= 15 is 0 Å². The summed E-state index contributed by atoms with van der Waals surface area (Å²) in [5, 5.41) is 24.3. The highest BCUT2D eigenvalue weighted by Gasteiger charge is 2.44. The smallest absolute Gasteiger partial charge is 0.407 e. The van der Waals surface area contributed by atoms with Crippen molar-refractivity contribution in [3.05, 3.63) is 132 Å². The fourth-order valence-corrected chi connectivity index (χ4v) is 11.3. The average Bonchev–Trinajstić information content (AvgIpc) is 2.17. The molecule has 2 saturated carbocycles. The maximum absolute atomic E-state index is 13.7. The van der Waals surface area contributed by atoms with Crippen molar-refractivity contribution in [2.45, 2.75) is 128 Å². The summed E-state index contributed by atoms with van der Waals surface area (Å²) in [6.45, 7) is 9.00. The Labute approximate surface area is 504 Å². The number of benzene rings is 2. The molecular formula is C64H86N10O12. The zero-order valence-corrected chi connectivity index (χ0v) is 49.8. The van der Waals surface area contributed by atoms with E-state index in [1.807, 2.05) is 91.1 Å². The second-order valence-corrected chi connectivity index (χ2v) is 23.1. The SMILES string of the molecule is C[C@@H](NC(=O)C(=O)C(CCCCNC(=O)N1CCOCC1)N(CC1(Cc2cccnc2)CCC1)C(=O)O)c1ccccc1.C[C@@H](NC(=O)C(=O)[C@H](CCCCNC(=O)N1CCOCC1)NC(=O)OCC1(Cc2cccnc2)CCC1)c1ccccc1. The van der Waals surface area contributed by atoms with Gasteiger partial charge in [0.15, 0.2) is 0 Å². The molecule has 0 spiro atoms. The monoisotopic (exact) mass is 1190 g/mol. The van der Waals surface area contributed by atoms with Crippen LogP contribution in [-0.2, 0) is 46.2 Å². The molecule has 4 aliphatic rings. The van der Waals surface area contributed by atoms with E-state index in [4.69, 9.17) is 14.2 Å². The van der Waals surface area contributed by atoms with Crippen LogP contribution >= 0.6 is 0 Å². The zero-order valence-electron chi connectivity index (χ0n) is 49.8. The van der Waals surface area contributed by atoms with Gasteiger partial charge in [-0.25, -0.2) is 19.2 Å². The van der Waals surface area contributed by atoms with Crippen LogP contribution in [0.5, 0.6) is 0 Å². The Morgan fingerprint density at radius 3 is 1.50 bits per heavy atom. The van der Waals surface area contributed by atoms with Crippen molar-refractivity contribution in [2.24, 2.45) is 10.8 Å². The largest absolute Gasteiger partial charge is 0.465 e. The number of ketones is 2. The molecule has 4 fully saturated rings. The Hall–Kier alpha value is -7.98. The number of amides is 8. The number of aromatic nitrogens is 2. The zero-order chi connectivity index (χ0) is 61.2. The number of hydrogen-bond donors (Lipinski definition) is 6. The van der Waals surface area contributed by atoms with Crippen molar-refractivity contribution in [3.8, 4) is 0 Å². The van der Waals surface area contributed by atoms with Crippen molar-refractivity contribution in [2.75, 3.05) is 78.8 Å². The van der Waals surface area contributed by atoms with Gasteiger partial charge in [0.2, 0.25) is 11.6 Å². The van der Waals surface area contributed by atoms with Gasteiger partial charge in [0.1, 0.15) is 12.1 Å². The Morgan fingerprint density at radius 1 is 0.593 bits per heavy atom. The van der Waals surface area contributed by atoms with Gasteiger partial charge in [-0.3, -0.25) is 34.0 Å². The third kappa shape index (κ3) is 20.3. The number of alkyl carbamates (subject to hydrolysis) is 1. The van der Waals surface area contributed by atoms with E-state index in [2.05, 4.69) is 36.6 Å². The van der Waals surface area contributed by atoms with Gasteiger partial charge in [-0.05, 0) is 131 Å². The predicted molar refractivity (Wildman–Crippen MR) is 321 cm³/mol. The first-order valence-electron chi connectivity index (χ1n) is 30.3. The first-order chi connectivity index (χ1) is 41.6. The van der Waals surface area contributed by atoms with E-state index in [9.17, 15) is 43.5 Å². The van der Waals surface area contributed by atoms with E-state index in [0.717, 1.165) is 67.2 Å². The molecule has 22 nitrogen and oxygen atoms in total. The number of Topliss-reactive ketones (excluding diaryl/α,β-unsaturated/α-hetero) is 2. The Morgan fingerprint density at radius 2 is 1.06 bits per heavy atom. The van der Waals surface area contributed by atoms with Crippen LogP contribution in [0, 0.1) is 10.8 Å². The molecular weight excluding hydrogens is 1100 g/mol. The molecule has 2 aliphatic carbocycles. The molecule has 0 radical (unpaired) electrons. The molecule has 8 amide bonds. The van der Waals surface area contributed by atoms with E-state index < -0.39 is 53.7 Å². The molecule has 6 N–H and O–H groups in total. The van der Waals surface area contributed by atoms with Crippen LogP contribution in [0.2, 0.25) is 0 Å². The average molecular weight is 1190 g/mol. The summed E-state index contributed by atoms with van der Waals surface area (Å²) < 4.78 is 16.2. The highest BCUT2D eigenvalue weighted by molar-refractivity contribution is 6.39. The summed E-state index contributed by atoms with van der Waals surface area (Å²) >= 11 is 0. The van der Waals surface area contributed by atoms with Crippen LogP contribution in [0.4, 0.5) is 19.2 Å². The number of ether oxygens (including phenoxy) is 3. The number of carbonyl (C=O) groups excluding carboxylic acids is 7. The molecule has 0 bridgehead atoms. The van der Waals surface area contributed by atoms with Crippen molar-refractivity contribution < 1.29 is 57.7 Å². The third-order valence-corrected chi connectivity index (χ3v) is 16.7. The van der Waals surface area contributed by atoms with Crippen LogP contribution in [0.3, 0.4) is 0 Å². The molecule has 2 aliphatic heterocycles. The molecule has 464 valence electrons. The number of unbranched alkanes of at least 4 members (excludes halogenated alkanes) is 2. The van der Waals surface area contributed by atoms with Gasteiger partial charge in [-0.2, -0.15) is 0 Å². The Balaban J connectivity index is 0.000000246. The highest BCUT2D eigenvalue weighted by Crippen LogP contribution is 2.45. The molecule has 1 unspecified atom stereocenters. The lowest BCUT2D eigenvalue weighted by molar-refractivity contribution is -0.141. The lowest BCUT2D eigenvalue weighted by Crippen LogP contribution is -2.55. The molecule has 4 atom stereocenters. The standard InChI is InChI=1S/2C32H43N5O6/c1-24(26-10-3-2-4-11-26)35-29(39)28(38)27(12-5-6-16-34-30(40)37-17-19-42-20-18-37)36-31(41)43-23-32(13-8-14-32)21-25-9-7-15-33-22-25;1-24(26-10-3-2-4-11-26)35-29(39)28(38)27(12-5-6-16-34-30(40)36-17-19-43-20-18-36)37(31(41)42)23-32(13-8-14-32)21-25-9-7-15-33-22-25/h2-4,7,9-11,15,22,24,27H,5-6,8,12-14,16-21,23H2,1H3,(H,34,40)(H,35,39)(H,36,41);2-4,7,9-11,15,22,24,27H,5-6,8,12-14,16-21,23H2,1H3,(H,34,40)(H,35,39)(H,41,42)/t24-,27+;24-,27?/m11/s1. The van der Waals surface area contributed by atoms with Crippen LogP contribution in [0.25, 0.3) is 0 Å². The first kappa shape index (κ1) is 65.6. The fraction of sp³-hybridized carbons (Fsp3) is 0.531. The minimum Gasteiger partial charge on any atom is -0.465 e. The number of carboxylic acid groups (broad SMARTS) is 1. The first-order valence-corrected chi connectivity index (χ1v) is 30.3. The number of pyridine rings is 2. The molecule has 86 heavy (non-hydrogen) atoms.